The largest absolute Gasteiger partial charge is 0.497 e. The number of ether oxygens (including phenoxy) is 3. The van der Waals surface area contributed by atoms with Gasteiger partial charge in [-0.1, -0.05) is 19.1 Å². The van der Waals surface area contributed by atoms with Crippen LogP contribution in [0.15, 0.2) is 60.7 Å². The van der Waals surface area contributed by atoms with E-state index < -0.39 is 6.10 Å². The Balaban J connectivity index is 1.58. The van der Waals surface area contributed by atoms with Gasteiger partial charge in [0.25, 0.3) is 11.8 Å². The van der Waals surface area contributed by atoms with Gasteiger partial charge in [0, 0.05) is 36.0 Å². The number of rotatable bonds is 7. The Morgan fingerprint density at radius 3 is 2.37 bits per heavy atom. The van der Waals surface area contributed by atoms with Gasteiger partial charge < -0.3 is 24.4 Å². The van der Waals surface area contributed by atoms with E-state index in [9.17, 15) is 14.0 Å². The highest BCUT2D eigenvalue weighted by Crippen LogP contribution is 2.31. The molecule has 1 atom stereocenters. The molecule has 3 aromatic rings. The third kappa shape index (κ3) is 5.54. The molecule has 0 fully saturated rings. The molecule has 1 aliphatic heterocycles. The average Bonchev–Trinajstić information content (AvgIpc) is 3.00. The Hall–Kier alpha value is -4.07. The van der Waals surface area contributed by atoms with Crippen LogP contribution in [0.5, 0.6) is 17.2 Å². The maximum Gasteiger partial charge on any atom is 0.264 e. The smallest absolute Gasteiger partial charge is 0.264 e. The second-order valence-electron chi connectivity index (χ2n) is 8.21. The molecule has 0 aromatic heterocycles. The van der Waals surface area contributed by atoms with Crippen LogP contribution in [0.4, 0.5) is 10.1 Å². The number of hydrogen-bond acceptors (Lipinski definition) is 5. The lowest BCUT2D eigenvalue weighted by molar-refractivity contribution is -0.139. The fourth-order valence-corrected chi connectivity index (χ4v) is 3.93. The molecular weight excluding hydrogens is 451 g/mol. The van der Waals surface area contributed by atoms with Gasteiger partial charge >= 0.3 is 0 Å². The number of benzene rings is 3. The Morgan fingerprint density at radius 1 is 1.06 bits per heavy atom. The first-order valence-electron chi connectivity index (χ1n) is 11.3. The highest BCUT2D eigenvalue weighted by atomic mass is 19.1. The summed E-state index contributed by atoms with van der Waals surface area (Å²) < 4.78 is 29.8. The van der Waals surface area contributed by atoms with Crippen LogP contribution in [0.25, 0.3) is 0 Å². The lowest BCUT2D eigenvalue weighted by atomic mass is 10.1. The van der Waals surface area contributed by atoms with E-state index in [1.54, 1.807) is 53.4 Å². The van der Waals surface area contributed by atoms with Crippen LogP contribution < -0.4 is 19.5 Å². The van der Waals surface area contributed by atoms with E-state index in [4.69, 9.17) is 14.2 Å². The van der Waals surface area contributed by atoms with Crippen molar-refractivity contribution in [3.8, 4) is 17.2 Å². The lowest BCUT2D eigenvalue weighted by Gasteiger charge is -2.23. The molecule has 4 rings (SSSR count). The van der Waals surface area contributed by atoms with E-state index in [2.05, 4.69) is 5.32 Å². The Bertz CT molecular complexity index is 1210. The van der Waals surface area contributed by atoms with Gasteiger partial charge in [0.05, 0.1) is 14.2 Å². The van der Waals surface area contributed by atoms with Crippen molar-refractivity contribution < 1.29 is 28.2 Å². The minimum Gasteiger partial charge on any atom is -0.497 e. The second-order valence-corrected chi connectivity index (χ2v) is 8.21. The molecule has 0 saturated heterocycles. The van der Waals surface area contributed by atoms with E-state index in [1.807, 2.05) is 6.92 Å². The van der Waals surface area contributed by atoms with Crippen LogP contribution >= 0.6 is 0 Å². The number of anilines is 1. The number of nitrogens with one attached hydrogen (secondary N) is 1. The number of fused-ring (bicyclic) bond motifs is 1. The molecule has 1 heterocycles. The first-order chi connectivity index (χ1) is 16.9. The molecule has 0 spiro atoms. The van der Waals surface area contributed by atoms with E-state index in [0.29, 0.717) is 48.0 Å². The molecule has 35 heavy (non-hydrogen) atoms. The molecule has 0 radical (unpaired) electrons. The van der Waals surface area contributed by atoms with Gasteiger partial charge in [-0.2, -0.15) is 0 Å². The lowest BCUT2D eigenvalue weighted by Crippen LogP contribution is -2.38. The Labute approximate surface area is 203 Å². The zero-order valence-electron chi connectivity index (χ0n) is 19.8. The van der Waals surface area contributed by atoms with Crippen molar-refractivity contribution in [3.63, 3.8) is 0 Å². The molecule has 8 heteroatoms. The van der Waals surface area contributed by atoms with E-state index >= 15 is 0 Å². The zero-order chi connectivity index (χ0) is 24.9. The maximum absolute atomic E-state index is 13.3. The second kappa shape index (κ2) is 10.5. The van der Waals surface area contributed by atoms with Crippen LogP contribution in [0.1, 0.15) is 34.8 Å². The van der Waals surface area contributed by atoms with Gasteiger partial charge in [-0.25, -0.2) is 4.39 Å². The topological polar surface area (TPSA) is 77.1 Å². The summed E-state index contributed by atoms with van der Waals surface area (Å²) in [6.45, 7) is 2.50. The highest BCUT2D eigenvalue weighted by molar-refractivity contribution is 6.05. The summed E-state index contributed by atoms with van der Waals surface area (Å²) in [6, 6.07) is 16.3. The summed E-state index contributed by atoms with van der Waals surface area (Å²) in [5, 5.41) is 2.89. The van der Waals surface area contributed by atoms with Gasteiger partial charge in [-0.15, -0.1) is 0 Å². The third-order valence-corrected chi connectivity index (χ3v) is 5.81. The summed E-state index contributed by atoms with van der Waals surface area (Å²) >= 11 is 0. The molecule has 3 aromatic carbocycles. The first kappa shape index (κ1) is 24.1. The number of methoxy groups -OCH3 is 2. The quantitative estimate of drug-likeness (QED) is 0.528. The van der Waals surface area contributed by atoms with Crippen LogP contribution in [-0.4, -0.2) is 37.0 Å². The molecule has 7 nitrogen and oxygen atoms in total. The number of carbonyl (C=O) groups is 2. The minimum absolute atomic E-state index is 0.137. The monoisotopic (exact) mass is 478 g/mol. The molecule has 1 N–H and O–H groups in total. The number of carbonyl (C=O) groups excluding carboxylic acids is 2. The molecule has 2 amide bonds. The number of halogens is 1. The summed E-state index contributed by atoms with van der Waals surface area (Å²) in [5.41, 5.74) is 2.52. The average molecular weight is 479 g/mol. The molecular formula is C27H27FN2O5. The first-order valence-corrected chi connectivity index (χ1v) is 11.3. The maximum atomic E-state index is 13.3. The molecule has 0 bridgehead atoms. The SMILES string of the molecule is CC[C@H]1Oc2ccc(NC(=O)c3cc(OC)cc(OC)c3)cc2CN(Cc2ccc(F)cc2)C1=O. The van der Waals surface area contributed by atoms with Crippen LogP contribution in [-0.2, 0) is 17.9 Å². The number of amides is 2. The predicted molar refractivity (Wildman–Crippen MR) is 129 cm³/mol. The predicted octanol–water partition coefficient (Wildman–Crippen LogP) is 4.80. The van der Waals surface area contributed by atoms with Gasteiger partial charge in [0.1, 0.15) is 23.1 Å². The molecule has 0 unspecified atom stereocenters. The minimum atomic E-state index is -0.624. The standard InChI is InChI=1S/C27H27FN2O5/c1-4-24-27(32)30(15-17-5-7-20(28)8-6-17)16-19-11-21(9-10-25(19)35-24)29-26(31)18-12-22(33-2)14-23(13-18)34-3/h5-14,24H,4,15-16H2,1-3H3,(H,29,31)/t24-/m1/s1. The number of nitrogens with zero attached hydrogens (tertiary/aromatic N) is 1. The highest BCUT2D eigenvalue weighted by Gasteiger charge is 2.30. The van der Waals surface area contributed by atoms with E-state index in [-0.39, 0.29) is 17.6 Å². The van der Waals surface area contributed by atoms with Gasteiger partial charge in [-0.05, 0) is 54.4 Å². The fraction of sp³-hybridized carbons (Fsp3) is 0.259. The Morgan fingerprint density at radius 2 is 1.74 bits per heavy atom. The van der Waals surface area contributed by atoms with Crippen molar-refractivity contribution in [2.75, 3.05) is 19.5 Å². The summed E-state index contributed by atoms with van der Waals surface area (Å²) in [5.74, 6) is 0.804. The van der Waals surface area contributed by atoms with Crippen molar-refractivity contribution in [1.82, 2.24) is 4.90 Å². The molecule has 1 aliphatic rings. The summed E-state index contributed by atoms with van der Waals surface area (Å²) in [4.78, 5) is 27.7. The van der Waals surface area contributed by atoms with Gasteiger partial charge in [0.15, 0.2) is 6.10 Å². The van der Waals surface area contributed by atoms with Crippen LogP contribution in [0.2, 0.25) is 0 Å². The number of hydrogen-bond donors (Lipinski definition) is 1. The molecule has 0 aliphatic carbocycles. The van der Waals surface area contributed by atoms with E-state index in [1.165, 1.54) is 26.4 Å². The van der Waals surface area contributed by atoms with Gasteiger partial charge in [0.2, 0.25) is 0 Å². The van der Waals surface area contributed by atoms with Crippen molar-refractivity contribution in [3.05, 3.63) is 83.2 Å². The fourth-order valence-electron chi connectivity index (χ4n) is 3.93. The van der Waals surface area contributed by atoms with Gasteiger partial charge in [-0.3, -0.25) is 9.59 Å². The van der Waals surface area contributed by atoms with Crippen molar-refractivity contribution in [2.24, 2.45) is 0 Å². The summed E-state index contributed by atoms with van der Waals surface area (Å²) in [6.07, 6.45) is -0.115. The van der Waals surface area contributed by atoms with Crippen molar-refractivity contribution in [2.45, 2.75) is 32.5 Å². The zero-order valence-corrected chi connectivity index (χ0v) is 19.8. The molecule has 182 valence electrons. The Kier molecular flexibility index (Phi) is 7.19. The van der Waals surface area contributed by atoms with Crippen molar-refractivity contribution >= 4 is 17.5 Å². The van der Waals surface area contributed by atoms with Crippen LogP contribution in [0, 0.1) is 5.82 Å². The van der Waals surface area contributed by atoms with Crippen LogP contribution in [0.3, 0.4) is 0 Å². The van der Waals surface area contributed by atoms with E-state index in [0.717, 1.165) is 11.1 Å². The third-order valence-electron chi connectivity index (χ3n) is 5.81. The summed E-state index contributed by atoms with van der Waals surface area (Å²) in [7, 11) is 3.04. The normalized spacial score (nSPS) is 15.0. The molecule has 0 saturated carbocycles. The van der Waals surface area contributed by atoms with Crippen molar-refractivity contribution in [1.29, 1.82) is 0 Å².